The number of nitriles is 1. The molecule has 0 aromatic heterocycles. The molecular formula is C23H29N5. The van der Waals surface area contributed by atoms with E-state index in [1.165, 1.54) is 29.7 Å². The second-order valence-electron chi connectivity index (χ2n) is 8.66. The zero-order valence-electron chi connectivity index (χ0n) is 16.9. The third kappa shape index (κ3) is 3.50. The summed E-state index contributed by atoms with van der Waals surface area (Å²) in [5.41, 5.74) is 5.41. The molecule has 2 saturated heterocycles. The van der Waals surface area contributed by atoms with Crippen LogP contribution in [0.1, 0.15) is 24.5 Å². The normalized spacial score (nSPS) is 24.5. The van der Waals surface area contributed by atoms with Crippen LogP contribution in [0, 0.1) is 23.7 Å². The topological polar surface area (TPSA) is 45.9 Å². The lowest BCUT2D eigenvalue weighted by atomic mass is 9.73. The Balaban J connectivity index is 1.35. The second-order valence-corrected chi connectivity index (χ2v) is 8.66. The predicted molar refractivity (Wildman–Crippen MR) is 114 cm³/mol. The number of allylic oxidation sites excluding steroid dienone is 2. The maximum absolute atomic E-state index is 9.31. The van der Waals surface area contributed by atoms with Gasteiger partial charge in [-0.05, 0) is 57.2 Å². The Labute approximate surface area is 168 Å². The molecule has 1 atom stereocenters. The minimum atomic E-state index is 0.404. The molecule has 146 valence electrons. The number of nitrogens with zero attached hydrogens (tertiary/aromatic N) is 5. The summed E-state index contributed by atoms with van der Waals surface area (Å²) < 4.78 is 0. The van der Waals surface area contributed by atoms with Crippen LogP contribution in [0.2, 0.25) is 0 Å². The quantitative estimate of drug-likeness (QED) is 0.450. The van der Waals surface area contributed by atoms with E-state index in [4.69, 9.17) is 0 Å². The molecule has 0 N–H and O–H groups in total. The molecule has 5 nitrogen and oxygen atoms in total. The van der Waals surface area contributed by atoms with E-state index in [9.17, 15) is 5.26 Å². The molecule has 0 radical (unpaired) electrons. The van der Waals surface area contributed by atoms with Crippen LogP contribution in [0.25, 0.3) is 0 Å². The van der Waals surface area contributed by atoms with Gasteiger partial charge in [0.1, 0.15) is 0 Å². The van der Waals surface area contributed by atoms with Gasteiger partial charge in [0, 0.05) is 56.0 Å². The lowest BCUT2D eigenvalue weighted by Gasteiger charge is -2.64. The van der Waals surface area contributed by atoms with Gasteiger partial charge in [-0.3, -0.25) is 9.89 Å². The van der Waals surface area contributed by atoms with Crippen molar-refractivity contribution in [3.63, 3.8) is 0 Å². The van der Waals surface area contributed by atoms with Crippen LogP contribution in [0.3, 0.4) is 0 Å². The highest BCUT2D eigenvalue weighted by molar-refractivity contribution is 5.57. The number of hydrazine groups is 1. The van der Waals surface area contributed by atoms with Crippen molar-refractivity contribution in [3.8, 4) is 6.07 Å². The van der Waals surface area contributed by atoms with Crippen molar-refractivity contribution in [2.45, 2.75) is 32.7 Å². The summed E-state index contributed by atoms with van der Waals surface area (Å²) in [6, 6.07) is 9.73. The van der Waals surface area contributed by atoms with Gasteiger partial charge in [-0.1, -0.05) is 17.7 Å². The summed E-state index contributed by atoms with van der Waals surface area (Å²) >= 11 is 0. The van der Waals surface area contributed by atoms with Crippen molar-refractivity contribution in [1.29, 1.82) is 5.26 Å². The van der Waals surface area contributed by atoms with Gasteiger partial charge in [0.05, 0.1) is 11.8 Å². The van der Waals surface area contributed by atoms with Crippen molar-refractivity contribution in [2.24, 2.45) is 10.4 Å². The van der Waals surface area contributed by atoms with Gasteiger partial charge in [0.2, 0.25) is 0 Å². The Morgan fingerprint density at radius 2 is 2.14 bits per heavy atom. The maximum Gasteiger partial charge on any atom is 0.0960 e. The zero-order chi connectivity index (χ0) is 19.7. The van der Waals surface area contributed by atoms with Crippen molar-refractivity contribution < 1.29 is 0 Å². The molecule has 3 aliphatic heterocycles. The maximum atomic E-state index is 9.31. The van der Waals surface area contributed by atoms with Crippen LogP contribution in [0.5, 0.6) is 0 Å². The van der Waals surface area contributed by atoms with Crippen molar-refractivity contribution in [1.82, 2.24) is 9.91 Å². The molecule has 1 aromatic carbocycles. The van der Waals surface area contributed by atoms with Crippen LogP contribution >= 0.6 is 0 Å². The fourth-order valence-corrected chi connectivity index (χ4v) is 4.97. The summed E-state index contributed by atoms with van der Waals surface area (Å²) in [7, 11) is 0. The number of likely N-dealkylation sites (tertiary alicyclic amines) is 1. The van der Waals surface area contributed by atoms with E-state index in [1.54, 1.807) is 12.3 Å². The highest BCUT2D eigenvalue weighted by atomic mass is 15.7. The molecule has 0 aliphatic carbocycles. The summed E-state index contributed by atoms with van der Waals surface area (Å²) in [4.78, 5) is 6.05. The molecule has 2 fully saturated rings. The molecule has 1 unspecified atom stereocenters. The van der Waals surface area contributed by atoms with Crippen LogP contribution < -0.4 is 5.01 Å². The zero-order valence-corrected chi connectivity index (χ0v) is 16.9. The van der Waals surface area contributed by atoms with E-state index in [1.807, 2.05) is 6.08 Å². The monoisotopic (exact) mass is 375 g/mol. The first-order valence-electron chi connectivity index (χ1n) is 10.1. The Morgan fingerprint density at radius 1 is 1.36 bits per heavy atom. The van der Waals surface area contributed by atoms with Crippen molar-refractivity contribution >= 4 is 12.4 Å². The fraction of sp³-hybridized carbons (Fsp3) is 0.478. The summed E-state index contributed by atoms with van der Waals surface area (Å²) in [6.07, 6.45) is 7.62. The Bertz CT molecular complexity index is 848. The molecule has 5 heteroatoms. The Hall–Kier alpha value is -2.42. The smallest absolute Gasteiger partial charge is 0.0960 e. The third-order valence-electron chi connectivity index (χ3n) is 6.22. The first kappa shape index (κ1) is 18.9. The number of aliphatic imine (C=N–C) groups is 1. The number of hydrogen-bond donors (Lipinski definition) is 0. The lowest BCUT2D eigenvalue weighted by molar-refractivity contribution is -0.118. The average molecular weight is 376 g/mol. The van der Waals surface area contributed by atoms with Gasteiger partial charge in [-0.15, -0.1) is 0 Å². The minimum absolute atomic E-state index is 0.404. The Kier molecular flexibility index (Phi) is 5.09. The van der Waals surface area contributed by atoms with Crippen LogP contribution in [0.15, 0.2) is 47.1 Å². The van der Waals surface area contributed by atoms with Gasteiger partial charge in [-0.2, -0.15) is 5.26 Å². The molecule has 4 rings (SSSR count). The van der Waals surface area contributed by atoms with E-state index in [0.29, 0.717) is 11.5 Å². The average Bonchev–Trinajstić information content (AvgIpc) is 2.62. The van der Waals surface area contributed by atoms with Crippen molar-refractivity contribution in [3.05, 3.63) is 53.3 Å². The highest BCUT2D eigenvalue weighted by Gasteiger charge is 2.53. The van der Waals surface area contributed by atoms with E-state index < -0.39 is 0 Å². The molecule has 28 heavy (non-hydrogen) atoms. The first-order valence-corrected chi connectivity index (χ1v) is 10.1. The molecule has 0 amide bonds. The van der Waals surface area contributed by atoms with E-state index in [0.717, 1.165) is 38.3 Å². The van der Waals surface area contributed by atoms with E-state index >= 15 is 0 Å². The van der Waals surface area contributed by atoms with Crippen LogP contribution in [-0.4, -0.2) is 55.4 Å². The van der Waals surface area contributed by atoms with Gasteiger partial charge in [-0.25, -0.2) is 5.01 Å². The number of rotatable bonds is 5. The molecule has 3 aliphatic rings. The van der Waals surface area contributed by atoms with Crippen molar-refractivity contribution in [2.75, 3.05) is 37.7 Å². The Morgan fingerprint density at radius 3 is 2.86 bits per heavy atom. The van der Waals surface area contributed by atoms with Crippen LogP contribution in [0.4, 0.5) is 5.69 Å². The molecule has 0 saturated carbocycles. The minimum Gasteiger partial charge on any atom is -0.303 e. The van der Waals surface area contributed by atoms with Gasteiger partial charge in [0.15, 0.2) is 0 Å². The largest absolute Gasteiger partial charge is 0.303 e. The number of hydrogen-bond acceptors (Lipinski definition) is 5. The highest BCUT2D eigenvalue weighted by Crippen LogP contribution is 2.44. The lowest BCUT2D eigenvalue weighted by Crippen LogP contribution is -2.75. The number of fused-ring (bicyclic) bond motifs is 1. The number of benzene rings is 1. The molecular weight excluding hydrogens is 346 g/mol. The molecule has 1 spiro atoms. The van der Waals surface area contributed by atoms with Gasteiger partial charge in [0.25, 0.3) is 0 Å². The SMILES string of the molecule is C=N/C=C\C=C(\C#N)CN1CC2(C1)CN(N1c3ccc(C)cc3CCC1C)C2. The van der Waals surface area contributed by atoms with E-state index in [2.05, 4.69) is 64.7 Å². The third-order valence-corrected chi connectivity index (χ3v) is 6.22. The van der Waals surface area contributed by atoms with Crippen LogP contribution in [-0.2, 0) is 6.42 Å². The molecule has 1 aromatic rings. The summed E-state index contributed by atoms with van der Waals surface area (Å²) in [5, 5.41) is 14.4. The van der Waals surface area contributed by atoms with Gasteiger partial charge >= 0.3 is 0 Å². The molecule has 3 heterocycles. The summed E-state index contributed by atoms with van der Waals surface area (Å²) in [5.74, 6) is 0. The fourth-order valence-electron chi connectivity index (χ4n) is 4.97. The first-order chi connectivity index (χ1) is 13.5. The summed E-state index contributed by atoms with van der Waals surface area (Å²) in [6.45, 7) is 13.0. The standard InChI is InChI=1S/C23H29N5/c1-18-6-9-22-21(11-18)8-7-19(2)28(22)27-16-23(17-27)14-26(15-23)13-20(12-24)5-4-10-25-3/h4-6,9-11,19H,3,7-8,13-17H2,1-2H3/b10-4-,20-5-. The second kappa shape index (κ2) is 7.54. The number of anilines is 1. The van der Waals surface area contributed by atoms with E-state index in [-0.39, 0.29) is 0 Å². The predicted octanol–water partition coefficient (Wildman–Crippen LogP) is 3.33. The van der Waals surface area contributed by atoms with Gasteiger partial charge < -0.3 is 5.01 Å². The number of aryl methyl sites for hydroxylation is 2. The molecule has 0 bridgehead atoms.